The van der Waals surface area contributed by atoms with Crippen molar-refractivity contribution in [2.45, 2.75) is 45.6 Å². The van der Waals surface area contributed by atoms with E-state index >= 15 is 0 Å². The van der Waals surface area contributed by atoms with Gasteiger partial charge in [-0.25, -0.2) is 0 Å². The van der Waals surface area contributed by atoms with E-state index in [1.54, 1.807) is 0 Å². The average molecular weight is 356 g/mol. The highest BCUT2D eigenvalue weighted by atomic mass is 16.5. The number of likely N-dealkylation sites (tertiary alicyclic amines) is 1. The second kappa shape index (κ2) is 7.94. The molecule has 5 heteroatoms. The van der Waals surface area contributed by atoms with E-state index < -0.39 is 0 Å². The Labute approximate surface area is 154 Å². The number of benzene rings is 1. The van der Waals surface area contributed by atoms with Gasteiger partial charge in [0.15, 0.2) is 0 Å². The van der Waals surface area contributed by atoms with Crippen molar-refractivity contribution in [1.82, 2.24) is 9.47 Å². The number of carbonyl (C=O) groups excluding carboxylic acids is 2. The highest BCUT2D eigenvalue weighted by Gasteiger charge is 2.25. The van der Waals surface area contributed by atoms with Crippen molar-refractivity contribution in [2.24, 2.45) is 5.92 Å². The van der Waals surface area contributed by atoms with E-state index in [-0.39, 0.29) is 11.9 Å². The molecule has 1 aliphatic heterocycles. The van der Waals surface area contributed by atoms with Gasteiger partial charge in [-0.2, -0.15) is 0 Å². The first-order chi connectivity index (χ1) is 12.5. The molecule has 0 atom stereocenters. The van der Waals surface area contributed by atoms with Crippen molar-refractivity contribution in [1.29, 1.82) is 0 Å². The molecule has 0 unspecified atom stereocenters. The van der Waals surface area contributed by atoms with Crippen LogP contribution in [0, 0.1) is 5.92 Å². The van der Waals surface area contributed by atoms with E-state index in [1.807, 2.05) is 17.0 Å². The number of esters is 1. The van der Waals surface area contributed by atoms with Gasteiger partial charge >= 0.3 is 5.97 Å². The molecule has 140 valence electrons. The normalized spacial score (nSPS) is 15.6. The van der Waals surface area contributed by atoms with Crippen LogP contribution in [0.25, 0.3) is 10.9 Å². The number of nitrogens with zero attached hydrogens (tertiary/aromatic N) is 2. The maximum absolute atomic E-state index is 12.8. The Kier molecular flexibility index (Phi) is 5.64. The summed E-state index contributed by atoms with van der Waals surface area (Å²) in [4.78, 5) is 26.2. The van der Waals surface area contributed by atoms with E-state index in [1.165, 1.54) is 12.6 Å². The minimum atomic E-state index is -0.156. The zero-order valence-electron chi connectivity index (χ0n) is 15.9. The van der Waals surface area contributed by atoms with Gasteiger partial charge in [0.2, 0.25) is 5.91 Å². The van der Waals surface area contributed by atoms with Gasteiger partial charge in [0.05, 0.1) is 13.5 Å². The third-order valence-electron chi connectivity index (χ3n) is 5.37. The van der Waals surface area contributed by atoms with E-state index in [0.717, 1.165) is 36.9 Å². The average Bonchev–Trinajstić information content (AvgIpc) is 3.01. The largest absolute Gasteiger partial charge is 0.469 e. The third-order valence-corrected chi connectivity index (χ3v) is 5.37. The Hall–Kier alpha value is -2.30. The molecule has 26 heavy (non-hydrogen) atoms. The van der Waals surface area contributed by atoms with E-state index in [4.69, 9.17) is 4.74 Å². The molecule has 5 nitrogen and oxygen atoms in total. The van der Waals surface area contributed by atoms with Crippen LogP contribution >= 0.6 is 0 Å². The fourth-order valence-electron chi connectivity index (χ4n) is 3.83. The molecule has 0 bridgehead atoms. The zero-order chi connectivity index (χ0) is 18.7. The minimum Gasteiger partial charge on any atom is -0.469 e. The first kappa shape index (κ1) is 18.5. The Bertz CT molecular complexity index is 786. The van der Waals surface area contributed by atoms with E-state index in [2.05, 4.69) is 36.7 Å². The number of amides is 1. The van der Waals surface area contributed by atoms with Gasteiger partial charge in [0.25, 0.3) is 0 Å². The van der Waals surface area contributed by atoms with Crippen LogP contribution in [-0.4, -0.2) is 41.5 Å². The number of ether oxygens (including phenoxy) is 1. The molecule has 1 aromatic heterocycles. The molecule has 1 fully saturated rings. The monoisotopic (exact) mass is 356 g/mol. The number of methoxy groups -OCH3 is 1. The van der Waals surface area contributed by atoms with Crippen LogP contribution in [0.3, 0.4) is 0 Å². The van der Waals surface area contributed by atoms with Crippen molar-refractivity contribution in [3.63, 3.8) is 0 Å². The summed E-state index contributed by atoms with van der Waals surface area (Å²) in [6.45, 7) is 5.76. The van der Waals surface area contributed by atoms with Crippen molar-refractivity contribution in [2.75, 3.05) is 20.2 Å². The summed E-state index contributed by atoms with van der Waals surface area (Å²) in [6, 6.07) is 8.64. The van der Waals surface area contributed by atoms with Crippen LogP contribution in [0.5, 0.6) is 0 Å². The molecule has 3 rings (SSSR count). The van der Waals surface area contributed by atoms with Gasteiger partial charge in [-0.1, -0.05) is 18.2 Å². The standard InChI is InChI=1S/C21H28N2O3/c1-15(2)23-14-17(18-6-4-5-7-19(18)23)13-20(24)22-10-8-16(9-11-22)12-21(25)26-3/h4-7,14-16H,8-13H2,1-3H3. The molecule has 0 N–H and O–H groups in total. The molecule has 0 saturated carbocycles. The maximum atomic E-state index is 12.8. The first-order valence-electron chi connectivity index (χ1n) is 9.42. The molecule has 0 spiro atoms. The van der Waals surface area contributed by atoms with E-state index in [0.29, 0.717) is 24.8 Å². The van der Waals surface area contributed by atoms with Gasteiger partial charge < -0.3 is 14.2 Å². The maximum Gasteiger partial charge on any atom is 0.305 e. The summed E-state index contributed by atoms with van der Waals surface area (Å²) in [5.41, 5.74) is 2.28. The van der Waals surface area contributed by atoms with Crippen molar-refractivity contribution in [3.05, 3.63) is 36.0 Å². The summed E-state index contributed by atoms with van der Waals surface area (Å²) in [7, 11) is 1.43. The predicted octanol–water partition coefficient (Wildman–Crippen LogP) is 3.57. The van der Waals surface area contributed by atoms with Gasteiger partial charge in [-0.3, -0.25) is 9.59 Å². The Morgan fingerprint density at radius 2 is 1.88 bits per heavy atom. The van der Waals surface area contributed by atoms with Crippen molar-refractivity contribution < 1.29 is 14.3 Å². The predicted molar refractivity (Wildman–Crippen MR) is 102 cm³/mol. The summed E-state index contributed by atoms with van der Waals surface area (Å²) in [5, 5.41) is 1.16. The highest BCUT2D eigenvalue weighted by molar-refractivity contribution is 5.89. The summed E-state index contributed by atoms with van der Waals surface area (Å²) in [6.07, 6.45) is 4.75. The number of hydrogen-bond donors (Lipinski definition) is 0. The van der Waals surface area contributed by atoms with Gasteiger partial charge in [-0.15, -0.1) is 0 Å². The SMILES string of the molecule is COC(=O)CC1CCN(C(=O)Cc2cn(C(C)C)c3ccccc23)CC1. The second-order valence-electron chi connectivity index (χ2n) is 7.45. The molecule has 1 amide bonds. The lowest BCUT2D eigenvalue weighted by Crippen LogP contribution is -2.39. The molecular formula is C21H28N2O3. The number of para-hydroxylation sites is 1. The van der Waals surface area contributed by atoms with E-state index in [9.17, 15) is 9.59 Å². The first-order valence-corrected chi connectivity index (χ1v) is 9.42. The molecule has 2 aromatic rings. The lowest BCUT2D eigenvalue weighted by Gasteiger charge is -2.31. The van der Waals surface area contributed by atoms with Crippen LogP contribution in [0.1, 0.15) is 44.7 Å². The summed E-state index contributed by atoms with van der Waals surface area (Å²) >= 11 is 0. The molecule has 0 aliphatic carbocycles. The third kappa shape index (κ3) is 3.92. The zero-order valence-corrected chi connectivity index (χ0v) is 15.9. The molecule has 0 radical (unpaired) electrons. The Morgan fingerprint density at radius 3 is 2.54 bits per heavy atom. The van der Waals surface area contributed by atoms with Crippen LogP contribution in [0.15, 0.2) is 30.5 Å². The van der Waals surface area contributed by atoms with Crippen LogP contribution in [0.2, 0.25) is 0 Å². The molecule has 1 aliphatic rings. The number of aromatic nitrogens is 1. The molecule has 1 aromatic carbocycles. The lowest BCUT2D eigenvalue weighted by atomic mass is 9.93. The topological polar surface area (TPSA) is 51.5 Å². The van der Waals surface area contributed by atoms with Crippen molar-refractivity contribution >= 4 is 22.8 Å². The second-order valence-corrected chi connectivity index (χ2v) is 7.45. The Balaban J connectivity index is 1.66. The smallest absolute Gasteiger partial charge is 0.305 e. The number of rotatable bonds is 5. The quantitative estimate of drug-likeness (QED) is 0.770. The molecular weight excluding hydrogens is 328 g/mol. The molecule has 1 saturated heterocycles. The van der Waals surface area contributed by atoms with Crippen LogP contribution < -0.4 is 0 Å². The fraction of sp³-hybridized carbons (Fsp3) is 0.524. The summed E-state index contributed by atoms with van der Waals surface area (Å²) in [5.74, 6) is 0.346. The van der Waals surface area contributed by atoms with Gasteiger partial charge in [-0.05, 0) is 44.2 Å². The number of piperidine rings is 1. The lowest BCUT2D eigenvalue weighted by molar-refractivity contribution is -0.142. The minimum absolute atomic E-state index is 0.156. The fourth-order valence-corrected chi connectivity index (χ4v) is 3.83. The molecule has 2 heterocycles. The van der Waals surface area contributed by atoms with Crippen LogP contribution in [-0.2, 0) is 20.7 Å². The van der Waals surface area contributed by atoms with Crippen LogP contribution in [0.4, 0.5) is 0 Å². The highest BCUT2D eigenvalue weighted by Crippen LogP contribution is 2.26. The Morgan fingerprint density at radius 1 is 1.19 bits per heavy atom. The number of carbonyl (C=O) groups is 2. The summed E-state index contributed by atoms with van der Waals surface area (Å²) < 4.78 is 6.98. The number of hydrogen-bond acceptors (Lipinski definition) is 3. The van der Waals surface area contributed by atoms with Gasteiger partial charge in [0.1, 0.15) is 0 Å². The van der Waals surface area contributed by atoms with Crippen molar-refractivity contribution in [3.8, 4) is 0 Å². The van der Waals surface area contributed by atoms with Gasteiger partial charge in [0, 0.05) is 42.7 Å². The number of fused-ring (bicyclic) bond motifs is 1.